The smallest absolute Gasteiger partial charge is 0.246 e. The van der Waals surface area contributed by atoms with E-state index < -0.39 is 8.07 Å². The van der Waals surface area contributed by atoms with E-state index in [0.29, 0.717) is 0 Å². The van der Waals surface area contributed by atoms with Crippen LogP contribution in [0, 0.1) is 0 Å². The highest BCUT2D eigenvalue weighted by Crippen LogP contribution is 2.38. The molecule has 0 spiro atoms. The minimum atomic E-state index is -1.78. The molecule has 0 unspecified atom stereocenters. The number of fused-ring (bicyclic) bond motifs is 4. The van der Waals surface area contributed by atoms with Gasteiger partial charge in [0, 0.05) is 17.1 Å². The summed E-state index contributed by atoms with van der Waals surface area (Å²) in [6, 6.07) is 36.0. The molecule has 2 heterocycles. The van der Waals surface area contributed by atoms with Crippen LogP contribution in [0.2, 0.25) is 13.1 Å². The van der Waals surface area contributed by atoms with Crippen LogP contribution in [0.1, 0.15) is 0 Å². The Bertz CT molecular complexity index is 1250. The molecule has 0 amide bonds. The Kier molecular flexibility index (Phi) is 3.48. The molecule has 0 N–H and O–H groups in total. The van der Waals surface area contributed by atoms with Gasteiger partial charge in [-0.05, 0) is 33.4 Å². The van der Waals surface area contributed by atoms with Crippen molar-refractivity contribution in [3.05, 3.63) is 97.1 Å². The van der Waals surface area contributed by atoms with Crippen molar-refractivity contribution in [3.8, 4) is 0 Å². The highest BCUT2D eigenvalue weighted by atomic mass is 28.3. The van der Waals surface area contributed by atoms with Crippen LogP contribution in [0.3, 0.4) is 0 Å². The minimum Gasteiger partial charge on any atom is -0.312 e. The topological polar surface area (TPSA) is 3.24 Å². The van der Waals surface area contributed by atoms with Gasteiger partial charge in [-0.2, -0.15) is 0 Å². The van der Waals surface area contributed by atoms with Crippen LogP contribution >= 0.6 is 0 Å². The summed E-state index contributed by atoms with van der Waals surface area (Å²) >= 11 is 0. The molecule has 138 valence electrons. The van der Waals surface area contributed by atoms with Crippen LogP contribution < -0.4 is 31.7 Å². The van der Waals surface area contributed by atoms with E-state index in [1.807, 2.05) is 0 Å². The summed E-state index contributed by atoms with van der Waals surface area (Å²) in [5.74, 6) is 0. The van der Waals surface area contributed by atoms with E-state index in [0.717, 1.165) is 0 Å². The molecule has 0 bridgehead atoms. The number of rotatable bonds is 1. The molecule has 3 heteroatoms. The molecule has 2 aliphatic rings. The predicted octanol–water partition coefficient (Wildman–Crippen LogP) is 3.12. The largest absolute Gasteiger partial charge is 0.312 e. The highest BCUT2D eigenvalue weighted by molar-refractivity contribution is 7.05. The van der Waals surface area contributed by atoms with Crippen molar-refractivity contribution < 1.29 is 0 Å². The maximum Gasteiger partial charge on any atom is 0.246 e. The summed E-state index contributed by atoms with van der Waals surface area (Å²) in [6.45, 7) is 5.27. The molecular weight excluding hydrogens is 365 g/mol. The van der Waals surface area contributed by atoms with Crippen molar-refractivity contribution in [2.24, 2.45) is 0 Å². The van der Waals surface area contributed by atoms with Crippen molar-refractivity contribution in [2.75, 3.05) is 4.90 Å². The standard InChI is InChI=1S/C26H22BNSi/c1-29(2)24-17-9-8-16-23(24)28-22-15-7-6-13-20(22)27(19-11-4-3-5-12-19)21-14-10-18-25(29)26(21)28/h3-18H,1-2H3. The second kappa shape index (κ2) is 5.98. The van der Waals surface area contributed by atoms with Crippen LogP contribution in [-0.4, -0.2) is 14.8 Å². The Balaban J connectivity index is 1.74. The fraction of sp³-hybridized carbons (Fsp3) is 0.0769. The Hall–Kier alpha value is -3.04. The summed E-state index contributed by atoms with van der Waals surface area (Å²) in [5, 5.41) is 3.07. The molecule has 4 aromatic carbocycles. The number of anilines is 3. The molecule has 0 fully saturated rings. The zero-order valence-electron chi connectivity index (χ0n) is 16.8. The summed E-state index contributed by atoms with van der Waals surface area (Å²) < 4.78 is 0. The Morgan fingerprint density at radius 3 is 2.03 bits per heavy atom. The van der Waals surface area contributed by atoms with Crippen molar-refractivity contribution in [1.82, 2.24) is 0 Å². The van der Waals surface area contributed by atoms with E-state index in [2.05, 4.69) is 115 Å². The van der Waals surface area contributed by atoms with Crippen molar-refractivity contribution in [1.29, 1.82) is 0 Å². The van der Waals surface area contributed by atoms with Gasteiger partial charge < -0.3 is 4.90 Å². The molecule has 0 atom stereocenters. The molecule has 1 nitrogen and oxygen atoms in total. The van der Waals surface area contributed by atoms with Crippen molar-refractivity contribution in [3.63, 3.8) is 0 Å². The molecule has 29 heavy (non-hydrogen) atoms. The molecule has 4 aromatic rings. The lowest BCUT2D eigenvalue weighted by atomic mass is 9.35. The van der Waals surface area contributed by atoms with Gasteiger partial charge >= 0.3 is 0 Å². The summed E-state index contributed by atoms with van der Waals surface area (Å²) in [5.41, 5.74) is 8.30. The predicted molar refractivity (Wildman–Crippen MR) is 129 cm³/mol. The molecule has 0 aliphatic carbocycles. The molecule has 2 aliphatic heterocycles. The second-order valence-electron chi connectivity index (χ2n) is 8.62. The number of nitrogens with zero attached hydrogens (tertiary/aromatic N) is 1. The number of hydrogen-bond acceptors (Lipinski definition) is 1. The fourth-order valence-electron chi connectivity index (χ4n) is 5.37. The lowest BCUT2D eigenvalue weighted by Gasteiger charge is -2.46. The van der Waals surface area contributed by atoms with Gasteiger partial charge in [-0.3, -0.25) is 0 Å². The zero-order chi connectivity index (χ0) is 19.6. The van der Waals surface area contributed by atoms with Gasteiger partial charge in [0.1, 0.15) is 8.07 Å². The number of benzene rings is 4. The molecule has 0 aromatic heterocycles. The Morgan fingerprint density at radius 1 is 0.586 bits per heavy atom. The monoisotopic (exact) mass is 387 g/mol. The average molecular weight is 387 g/mol. The second-order valence-corrected chi connectivity index (χ2v) is 13.0. The summed E-state index contributed by atoms with van der Waals surface area (Å²) in [6.07, 6.45) is 0. The van der Waals surface area contributed by atoms with E-state index in [-0.39, 0.29) is 6.71 Å². The third-order valence-corrected chi connectivity index (χ3v) is 10.2. The van der Waals surface area contributed by atoms with E-state index in [1.165, 1.54) is 38.6 Å². The molecule has 0 saturated carbocycles. The minimum absolute atomic E-state index is 0.272. The summed E-state index contributed by atoms with van der Waals surface area (Å²) in [4.78, 5) is 2.53. The SMILES string of the molecule is C[Si]1(C)c2ccccc2N2c3ccccc3B(c3ccccc3)c3cccc1c32. The van der Waals surface area contributed by atoms with E-state index in [4.69, 9.17) is 0 Å². The van der Waals surface area contributed by atoms with E-state index in [1.54, 1.807) is 5.19 Å². The van der Waals surface area contributed by atoms with Crippen LogP contribution in [-0.2, 0) is 0 Å². The van der Waals surface area contributed by atoms with Crippen LogP contribution in [0.15, 0.2) is 97.1 Å². The first-order valence-corrected chi connectivity index (χ1v) is 13.3. The normalized spacial score (nSPS) is 15.4. The first-order valence-electron chi connectivity index (χ1n) is 10.3. The van der Waals surface area contributed by atoms with Crippen LogP contribution in [0.5, 0.6) is 0 Å². The number of para-hydroxylation sites is 3. The summed E-state index contributed by atoms with van der Waals surface area (Å²) in [7, 11) is -1.78. The van der Waals surface area contributed by atoms with E-state index in [9.17, 15) is 0 Å². The number of hydrogen-bond donors (Lipinski definition) is 0. The van der Waals surface area contributed by atoms with Crippen LogP contribution in [0.4, 0.5) is 17.1 Å². The van der Waals surface area contributed by atoms with Crippen LogP contribution in [0.25, 0.3) is 0 Å². The molecule has 0 saturated heterocycles. The Labute approximate surface area is 173 Å². The van der Waals surface area contributed by atoms with Gasteiger partial charge in [0.05, 0.1) is 0 Å². The molecule has 0 radical (unpaired) electrons. The van der Waals surface area contributed by atoms with Gasteiger partial charge in [-0.25, -0.2) is 0 Å². The van der Waals surface area contributed by atoms with E-state index >= 15 is 0 Å². The third-order valence-electron chi connectivity index (χ3n) is 6.72. The van der Waals surface area contributed by atoms with Gasteiger partial charge in [-0.1, -0.05) is 103 Å². The maximum atomic E-state index is 2.53. The zero-order valence-corrected chi connectivity index (χ0v) is 17.8. The highest BCUT2D eigenvalue weighted by Gasteiger charge is 2.44. The van der Waals surface area contributed by atoms with Crippen molar-refractivity contribution >= 4 is 58.6 Å². The van der Waals surface area contributed by atoms with Gasteiger partial charge in [-0.15, -0.1) is 0 Å². The first kappa shape index (κ1) is 16.9. The maximum absolute atomic E-state index is 2.53. The lowest BCUT2D eigenvalue weighted by molar-refractivity contribution is 1.29. The van der Waals surface area contributed by atoms with Gasteiger partial charge in [0.25, 0.3) is 0 Å². The first-order chi connectivity index (χ1) is 14.2. The molecule has 6 rings (SSSR count). The average Bonchev–Trinajstić information content (AvgIpc) is 2.77. The van der Waals surface area contributed by atoms with Gasteiger partial charge in [0.2, 0.25) is 6.71 Å². The lowest BCUT2D eigenvalue weighted by Crippen LogP contribution is -2.65. The molecular formula is C26H22BNSi. The Morgan fingerprint density at radius 2 is 1.21 bits per heavy atom. The quantitative estimate of drug-likeness (QED) is 0.400. The van der Waals surface area contributed by atoms with Gasteiger partial charge in [0.15, 0.2) is 0 Å². The fourth-order valence-corrected chi connectivity index (χ4v) is 8.37. The third kappa shape index (κ3) is 2.22. The van der Waals surface area contributed by atoms with Crippen molar-refractivity contribution in [2.45, 2.75) is 13.1 Å².